The predicted molar refractivity (Wildman–Crippen MR) is 114 cm³/mol. The zero-order chi connectivity index (χ0) is 22.4. The van der Waals surface area contributed by atoms with E-state index in [9.17, 15) is 14.3 Å². The number of likely N-dealkylation sites (tertiary alicyclic amines) is 1. The Morgan fingerprint density at radius 2 is 2.00 bits per heavy atom. The number of rotatable bonds is 4. The molecule has 3 aliphatic heterocycles. The molecule has 6 nitrogen and oxygen atoms in total. The molecule has 172 valence electrons. The molecular formula is C24H34FNO5. The lowest BCUT2D eigenvalue weighted by Crippen LogP contribution is -2.45. The molecule has 4 rings (SSSR count). The molecule has 3 atom stereocenters. The van der Waals surface area contributed by atoms with Gasteiger partial charge < -0.3 is 24.2 Å². The Morgan fingerprint density at radius 1 is 1.29 bits per heavy atom. The first-order chi connectivity index (χ1) is 14.6. The Hall–Kier alpha value is -1.70. The van der Waals surface area contributed by atoms with Crippen molar-refractivity contribution in [2.45, 2.75) is 76.3 Å². The summed E-state index contributed by atoms with van der Waals surface area (Å²) in [7, 11) is 1.49. The smallest absolute Gasteiger partial charge is 0.257 e. The number of hydrogen-bond acceptors (Lipinski definition) is 5. The number of piperidine rings is 1. The van der Waals surface area contributed by atoms with Crippen LogP contribution in [0, 0.1) is 11.2 Å². The van der Waals surface area contributed by atoms with E-state index < -0.39 is 17.0 Å². The van der Waals surface area contributed by atoms with Gasteiger partial charge in [0, 0.05) is 13.1 Å². The first-order valence-corrected chi connectivity index (χ1v) is 11.2. The third kappa shape index (κ3) is 4.32. The first-order valence-electron chi connectivity index (χ1n) is 11.2. The van der Waals surface area contributed by atoms with Crippen molar-refractivity contribution >= 4 is 5.91 Å². The maximum Gasteiger partial charge on any atom is 0.257 e. The van der Waals surface area contributed by atoms with E-state index in [1.165, 1.54) is 25.3 Å². The van der Waals surface area contributed by atoms with Crippen LogP contribution in [0.2, 0.25) is 0 Å². The summed E-state index contributed by atoms with van der Waals surface area (Å²) in [6, 6.07) is 4.04. The fourth-order valence-electron chi connectivity index (χ4n) is 5.33. The topological polar surface area (TPSA) is 68.2 Å². The summed E-state index contributed by atoms with van der Waals surface area (Å²) in [6.45, 7) is 7.56. The van der Waals surface area contributed by atoms with E-state index in [4.69, 9.17) is 14.2 Å². The lowest BCUT2D eigenvalue weighted by Gasteiger charge is -2.39. The van der Waals surface area contributed by atoms with E-state index >= 15 is 0 Å². The second-order valence-corrected chi connectivity index (χ2v) is 10.3. The molecule has 1 amide bonds. The minimum atomic E-state index is -0.863. The average Bonchev–Trinajstić information content (AvgIpc) is 3.33. The van der Waals surface area contributed by atoms with Crippen LogP contribution in [0.4, 0.5) is 4.39 Å². The number of ether oxygens (including phenoxy) is 3. The van der Waals surface area contributed by atoms with Gasteiger partial charge in [0.15, 0.2) is 0 Å². The molecule has 0 radical (unpaired) electrons. The van der Waals surface area contributed by atoms with Gasteiger partial charge in [0.25, 0.3) is 5.91 Å². The molecule has 3 heterocycles. The number of hydrogen-bond donors (Lipinski definition) is 1. The van der Waals surface area contributed by atoms with Crippen LogP contribution in [-0.2, 0) is 9.47 Å². The Balaban J connectivity index is 1.38. The van der Waals surface area contributed by atoms with Crippen LogP contribution in [0.15, 0.2) is 18.2 Å². The zero-order valence-corrected chi connectivity index (χ0v) is 18.9. The lowest BCUT2D eigenvalue weighted by molar-refractivity contribution is -0.155. The molecule has 0 bridgehead atoms. The van der Waals surface area contributed by atoms with Crippen LogP contribution in [-0.4, -0.2) is 66.1 Å². The Labute approximate surface area is 183 Å². The summed E-state index contributed by atoms with van der Waals surface area (Å²) in [5, 5.41) is 10.3. The van der Waals surface area contributed by atoms with E-state index in [0.717, 1.165) is 32.1 Å². The second kappa shape index (κ2) is 8.01. The van der Waals surface area contributed by atoms with Gasteiger partial charge >= 0.3 is 0 Å². The van der Waals surface area contributed by atoms with Crippen molar-refractivity contribution in [1.29, 1.82) is 0 Å². The van der Waals surface area contributed by atoms with Gasteiger partial charge in [-0.2, -0.15) is 0 Å². The molecule has 0 aliphatic carbocycles. The molecule has 31 heavy (non-hydrogen) atoms. The Morgan fingerprint density at radius 3 is 2.61 bits per heavy atom. The van der Waals surface area contributed by atoms with Crippen molar-refractivity contribution < 1.29 is 28.5 Å². The molecule has 0 unspecified atom stereocenters. The predicted octanol–water partition coefficient (Wildman–Crippen LogP) is 3.55. The number of nitrogens with zero attached hydrogens (tertiary/aromatic N) is 1. The van der Waals surface area contributed by atoms with Crippen LogP contribution in [0.5, 0.6) is 5.75 Å². The van der Waals surface area contributed by atoms with Crippen LogP contribution >= 0.6 is 0 Å². The molecule has 3 aliphatic rings. The summed E-state index contributed by atoms with van der Waals surface area (Å²) in [6.07, 6.45) is 4.09. The lowest BCUT2D eigenvalue weighted by atomic mass is 9.74. The monoisotopic (exact) mass is 435 g/mol. The number of halogens is 1. The molecule has 3 saturated heterocycles. The molecule has 7 heteroatoms. The van der Waals surface area contributed by atoms with Crippen LogP contribution in [0.3, 0.4) is 0 Å². The van der Waals surface area contributed by atoms with Crippen molar-refractivity contribution in [3.8, 4) is 5.75 Å². The quantitative estimate of drug-likeness (QED) is 0.783. The summed E-state index contributed by atoms with van der Waals surface area (Å²) in [4.78, 5) is 14.8. The van der Waals surface area contributed by atoms with Crippen LogP contribution in [0.25, 0.3) is 0 Å². The van der Waals surface area contributed by atoms with Gasteiger partial charge in [-0.25, -0.2) is 4.39 Å². The Kier molecular flexibility index (Phi) is 5.82. The third-order valence-electron chi connectivity index (χ3n) is 7.50. The fraction of sp³-hybridized carbons (Fsp3) is 0.708. The largest absolute Gasteiger partial charge is 0.496 e. The van der Waals surface area contributed by atoms with Crippen LogP contribution in [0.1, 0.15) is 63.2 Å². The number of carbonyl (C=O) groups excluding carboxylic acids is 1. The van der Waals surface area contributed by atoms with Gasteiger partial charge in [0.05, 0.1) is 42.7 Å². The van der Waals surface area contributed by atoms with Crippen molar-refractivity contribution in [3.63, 3.8) is 0 Å². The fourth-order valence-corrected chi connectivity index (χ4v) is 5.33. The van der Waals surface area contributed by atoms with Crippen molar-refractivity contribution in [1.82, 2.24) is 4.90 Å². The normalized spacial score (nSPS) is 30.7. The SMILES string of the molecule is COc1ccc(F)cc1C(=O)N1CCC2(CC1)CO[C@H]([C@@]1(C)CC[C@@H](C(C)(C)O)O1)C2. The third-order valence-corrected chi connectivity index (χ3v) is 7.50. The highest BCUT2D eigenvalue weighted by Crippen LogP contribution is 2.49. The number of benzene rings is 1. The van der Waals surface area contributed by atoms with Gasteiger partial charge in [-0.3, -0.25) is 4.79 Å². The standard InChI is InChI=1S/C24H34FNO5/c1-22(2,28)19-7-8-23(3,31-19)20-14-24(15-30-20)9-11-26(12-10-24)21(27)17-13-16(25)5-6-18(17)29-4/h5-6,13,19-20,28H,7-12,14-15H2,1-4H3/t19-,20-,23+/m0/s1. The van der Waals surface area contributed by atoms with Gasteiger partial charge in [0.1, 0.15) is 11.6 Å². The van der Waals surface area contributed by atoms with Crippen molar-refractivity contribution in [2.75, 3.05) is 26.8 Å². The van der Waals surface area contributed by atoms with Crippen LogP contribution < -0.4 is 4.74 Å². The highest BCUT2D eigenvalue weighted by molar-refractivity contribution is 5.97. The molecule has 0 saturated carbocycles. The van der Waals surface area contributed by atoms with Gasteiger partial charge in [-0.1, -0.05) is 0 Å². The molecular weight excluding hydrogens is 401 g/mol. The van der Waals surface area contributed by atoms with Crippen molar-refractivity contribution in [3.05, 3.63) is 29.6 Å². The molecule has 1 aromatic rings. The summed E-state index contributed by atoms with van der Waals surface area (Å²) in [5.41, 5.74) is -0.955. The van der Waals surface area contributed by atoms with Gasteiger partial charge in [-0.15, -0.1) is 0 Å². The minimum absolute atomic E-state index is 0.00888. The number of amides is 1. The van der Waals surface area contributed by atoms with E-state index in [0.29, 0.717) is 25.4 Å². The average molecular weight is 436 g/mol. The molecule has 0 aromatic heterocycles. The minimum Gasteiger partial charge on any atom is -0.496 e. The van der Waals surface area contributed by atoms with E-state index in [-0.39, 0.29) is 29.1 Å². The second-order valence-electron chi connectivity index (χ2n) is 10.3. The highest BCUT2D eigenvalue weighted by atomic mass is 19.1. The number of methoxy groups -OCH3 is 1. The maximum absolute atomic E-state index is 13.7. The summed E-state index contributed by atoms with van der Waals surface area (Å²) >= 11 is 0. The number of carbonyl (C=O) groups is 1. The van der Waals surface area contributed by atoms with Gasteiger partial charge in [-0.05, 0) is 76.5 Å². The summed E-state index contributed by atoms with van der Waals surface area (Å²) < 4.78 is 31.5. The van der Waals surface area contributed by atoms with E-state index in [1.807, 2.05) is 0 Å². The van der Waals surface area contributed by atoms with E-state index in [1.54, 1.807) is 18.7 Å². The molecule has 3 fully saturated rings. The zero-order valence-electron chi connectivity index (χ0n) is 18.9. The molecule has 1 N–H and O–H groups in total. The van der Waals surface area contributed by atoms with E-state index in [2.05, 4.69) is 6.92 Å². The molecule has 1 aromatic carbocycles. The number of aliphatic hydroxyl groups is 1. The molecule has 1 spiro atoms. The van der Waals surface area contributed by atoms with Gasteiger partial charge in [0.2, 0.25) is 0 Å². The Bertz CT molecular complexity index is 830. The maximum atomic E-state index is 13.7. The highest BCUT2D eigenvalue weighted by Gasteiger charge is 2.53. The van der Waals surface area contributed by atoms with Crippen molar-refractivity contribution in [2.24, 2.45) is 5.41 Å². The first kappa shape index (κ1) is 22.5. The summed E-state index contributed by atoms with van der Waals surface area (Å²) in [5.74, 6) is -0.247.